The van der Waals surface area contributed by atoms with Crippen molar-refractivity contribution in [3.05, 3.63) is 65.8 Å². The van der Waals surface area contributed by atoms with Crippen LogP contribution in [0.1, 0.15) is 0 Å². The van der Waals surface area contributed by atoms with Gasteiger partial charge in [-0.2, -0.15) is 0 Å². The van der Waals surface area contributed by atoms with Crippen LogP contribution in [0.5, 0.6) is 0 Å². The number of hydrogen-bond acceptors (Lipinski definition) is 6. The average Bonchev–Trinajstić information content (AvgIpc) is 3.03. The normalized spacial score (nSPS) is 10.9. The molecule has 2 aromatic heterocycles. The third kappa shape index (κ3) is 3.36. The molecule has 0 radical (unpaired) electrons. The molecule has 0 aliphatic rings. The summed E-state index contributed by atoms with van der Waals surface area (Å²) in [6.45, 7) is 0. The first kappa shape index (κ1) is 15.4. The number of rotatable bonds is 4. The highest BCUT2D eigenvalue weighted by Crippen LogP contribution is 2.36. The zero-order valence-electron chi connectivity index (χ0n) is 12.3. The van der Waals surface area contributed by atoms with E-state index in [1.807, 2.05) is 54.6 Å². The molecule has 2 heterocycles. The molecule has 4 nitrogen and oxygen atoms in total. The number of fused-ring (bicyclic) bond motifs is 1. The van der Waals surface area contributed by atoms with Crippen LogP contribution in [-0.2, 0) is 0 Å². The molecule has 0 unspecified atom stereocenters. The third-order valence-corrected chi connectivity index (χ3v) is 5.49. The van der Waals surface area contributed by atoms with Gasteiger partial charge in [0.1, 0.15) is 0 Å². The van der Waals surface area contributed by atoms with Crippen LogP contribution in [-0.4, -0.2) is 15.2 Å². The van der Waals surface area contributed by atoms with Crippen molar-refractivity contribution < 1.29 is 0 Å². The average molecular weight is 371 g/mol. The summed E-state index contributed by atoms with van der Waals surface area (Å²) < 4.78 is 0.871. The highest BCUT2D eigenvalue weighted by Gasteiger charge is 2.09. The fourth-order valence-electron chi connectivity index (χ4n) is 2.22. The van der Waals surface area contributed by atoms with Gasteiger partial charge < -0.3 is 5.32 Å². The van der Waals surface area contributed by atoms with Crippen LogP contribution in [0.25, 0.3) is 10.9 Å². The van der Waals surface area contributed by atoms with E-state index in [1.165, 1.54) is 11.3 Å². The monoisotopic (exact) mass is 370 g/mol. The predicted octanol–water partition coefficient (Wildman–Crippen LogP) is 5.63. The summed E-state index contributed by atoms with van der Waals surface area (Å²) in [7, 11) is 0. The van der Waals surface area contributed by atoms with Gasteiger partial charge in [0.25, 0.3) is 0 Å². The number of halogens is 1. The highest BCUT2D eigenvalue weighted by molar-refractivity contribution is 8.01. The standard InChI is InChI=1S/C17H11ClN4S2/c18-11-6-7-13-14(10-11)19-9-8-15(13)23-17-22-21-16(24-17)20-12-4-2-1-3-5-12/h1-10H,(H,20,21). The molecule has 0 spiro atoms. The molecule has 2 aromatic carbocycles. The summed E-state index contributed by atoms with van der Waals surface area (Å²) >= 11 is 9.13. The van der Waals surface area contributed by atoms with E-state index in [0.717, 1.165) is 31.0 Å². The van der Waals surface area contributed by atoms with Crippen molar-refractivity contribution in [1.29, 1.82) is 0 Å². The maximum atomic E-state index is 6.04. The highest BCUT2D eigenvalue weighted by atomic mass is 35.5. The Morgan fingerprint density at radius 2 is 1.88 bits per heavy atom. The first-order valence-electron chi connectivity index (χ1n) is 7.16. The number of pyridine rings is 1. The largest absolute Gasteiger partial charge is 0.330 e. The minimum Gasteiger partial charge on any atom is -0.330 e. The van der Waals surface area contributed by atoms with Gasteiger partial charge in [-0.15, -0.1) is 10.2 Å². The van der Waals surface area contributed by atoms with Crippen molar-refractivity contribution in [3.8, 4) is 0 Å². The summed E-state index contributed by atoms with van der Waals surface area (Å²) in [4.78, 5) is 5.45. The summed E-state index contributed by atoms with van der Waals surface area (Å²) in [5.74, 6) is 0. The van der Waals surface area contributed by atoms with Gasteiger partial charge in [0.05, 0.1) is 5.52 Å². The SMILES string of the molecule is Clc1ccc2c(Sc3nnc(Nc4ccccc4)s3)ccnc2c1. The Kier molecular flexibility index (Phi) is 4.34. The van der Waals surface area contributed by atoms with Gasteiger partial charge in [-0.1, -0.05) is 59.0 Å². The van der Waals surface area contributed by atoms with Crippen molar-refractivity contribution in [2.45, 2.75) is 9.24 Å². The lowest BCUT2D eigenvalue weighted by atomic mass is 10.2. The lowest BCUT2D eigenvalue weighted by Gasteiger charge is -2.03. The number of para-hydroxylation sites is 1. The molecule has 1 N–H and O–H groups in total. The first-order chi connectivity index (χ1) is 11.8. The van der Waals surface area contributed by atoms with E-state index in [0.29, 0.717) is 5.02 Å². The molecule has 0 aliphatic carbocycles. The molecule has 4 aromatic rings. The molecule has 0 atom stereocenters. The number of benzene rings is 2. The fraction of sp³-hybridized carbons (Fsp3) is 0. The Morgan fingerprint density at radius 1 is 1.00 bits per heavy atom. The van der Waals surface area contributed by atoms with E-state index in [-0.39, 0.29) is 0 Å². The van der Waals surface area contributed by atoms with Gasteiger partial charge in [0.2, 0.25) is 5.13 Å². The molecule has 0 bridgehead atoms. The van der Waals surface area contributed by atoms with Crippen LogP contribution in [0.2, 0.25) is 5.02 Å². The van der Waals surface area contributed by atoms with Crippen LogP contribution in [0, 0.1) is 0 Å². The summed E-state index contributed by atoms with van der Waals surface area (Å²) in [6.07, 6.45) is 1.78. The Balaban J connectivity index is 1.58. The van der Waals surface area contributed by atoms with Crippen LogP contribution in [0.15, 0.2) is 70.0 Å². The van der Waals surface area contributed by atoms with Gasteiger partial charge in [-0.3, -0.25) is 4.98 Å². The Labute approximate surface area is 151 Å². The van der Waals surface area contributed by atoms with E-state index in [2.05, 4.69) is 20.5 Å². The predicted molar refractivity (Wildman–Crippen MR) is 101 cm³/mol. The quantitative estimate of drug-likeness (QED) is 0.504. The smallest absolute Gasteiger partial charge is 0.210 e. The van der Waals surface area contributed by atoms with E-state index in [4.69, 9.17) is 11.6 Å². The van der Waals surface area contributed by atoms with Crippen LogP contribution < -0.4 is 5.32 Å². The lowest BCUT2D eigenvalue weighted by molar-refractivity contribution is 1.01. The van der Waals surface area contributed by atoms with Crippen LogP contribution in [0.3, 0.4) is 0 Å². The molecule has 24 heavy (non-hydrogen) atoms. The number of nitrogens with one attached hydrogen (secondary N) is 1. The van der Waals surface area contributed by atoms with Crippen molar-refractivity contribution >= 4 is 56.4 Å². The van der Waals surface area contributed by atoms with Crippen LogP contribution in [0.4, 0.5) is 10.8 Å². The van der Waals surface area contributed by atoms with Gasteiger partial charge in [-0.05, 0) is 30.3 Å². The van der Waals surface area contributed by atoms with E-state index >= 15 is 0 Å². The topological polar surface area (TPSA) is 50.7 Å². The maximum Gasteiger partial charge on any atom is 0.210 e. The minimum atomic E-state index is 0.683. The zero-order valence-corrected chi connectivity index (χ0v) is 14.7. The number of hydrogen-bond donors (Lipinski definition) is 1. The second-order valence-corrected chi connectivity index (χ2v) is 7.64. The Morgan fingerprint density at radius 3 is 2.75 bits per heavy atom. The molecule has 0 saturated carbocycles. The number of nitrogens with zero attached hydrogens (tertiary/aromatic N) is 3. The molecule has 118 valence electrons. The molecule has 0 saturated heterocycles. The zero-order chi connectivity index (χ0) is 16.4. The molecular weight excluding hydrogens is 360 g/mol. The van der Waals surface area contributed by atoms with Gasteiger partial charge in [0.15, 0.2) is 4.34 Å². The van der Waals surface area contributed by atoms with Gasteiger partial charge in [0, 0.05) is 27.2 Å². The minimum absolute atomic E-state index is 0.683. The summed E-state index contributed by atoms with van der Waals surface area (Å²) in [5.41, 5.74) is 1.87. The Hall–Kier alpha value is -2.15. The van der Waals surface area contributed by atoms with Crippen molar-refractivity contribution in [1.82, 2.24) is 15.2 Å². The second-order valence-electron chi connectivity index (χ2n) is 4.94. The second kappa shape index (κ2) is 6.76. The van der Waals surface area contributed by atoms with Crippen molar-refractivity contribution in [3.63, 3.8) is 0 Å². The molecular formula is C17H11ClN4S2. The summed E-state index contributed by atoms with van der Waals surface area (Å²) in [5, 5.41) is 14.2. The molecule has 0 amide bonds. The maximum absolute atomic E-state index is 6.04. The molecule has 7 heteroatoms. The van der Waals surface area contributed by atoms with Crippen LogP contribution >= 0.6 is 34.7 Å². The van der Waals surface area contributed by atoms with Gasteiger partial charge in [-0.25, -0.2) is 0 Å². The van der Waals surface area contributed by atoms with Gasteiger partial charge >= 0.3 is 0 Å². The molecule has 0 fully saturated rings. The summed E-state index contributed by atoms with van der Waals surface area (Å²) in [6, 6.07) is 17.6. The fourth-order valence-corrected chi connectivity index (χ4v) is 4.24. The van der Waals surface area contributed by atoms with Crippen molar-refractivity contribution in [2.75, 3.05) is 5.32 Å². The number of anilines is 2. The van der Waals surface area contributed by atoms with Crippen molar-refractivity contribution in [2.24, 2.45) is 0 Å². The first-order valence-corrected chi connectivity index (χ1v) is 9.17. The van der Waals surface area contributed by atoms with E-state index in [1.54, 1.807) is 18.0 Å². The lowest BCUT2D eigenvalue weighted by Crippen LogP contribution is -1.87. The van der Waals surface area contributed by atoms with E-state index in [9.17, 15) is 0 Å². The Bertz CT molecular complexity index is 988. The molecule has 4 rings (SSSR count). The molecule has 0 aliphatic heterocycles. The third-order valence-electron chi connectivity index (χ3n) is 3.29. The number of aromatic nitrogens is 3. The van der Waals surface area contributed by atoms with E-state index < -0.39 is 0 Å².